The Bertz CT molecular complexity index is 482. The van der Waals surface area contributed by atoms with E-state index in [1.807, 2.05) is 22.2 Å². The molecule has 17 heavy (non-hydrogen) atoms. The quantitative estimate of drug-likeness (QED) is 0.638. The first-order valence-corrected chi connectivity index (χ1v) is 6.48. The summed E-state index contributed by atoms with van der Waals surface area (Å²) in [6.07, 6.45) is 3.96. The van der Waals surface area contributed by atoms with Crippen molar-refractivity contribution in [3.05, 3.63) is 23.5 Å². The smallest absolute Gasteiger partial charge is 0.193 e. The number of nitrogens with zero attached hydrogens (tertiary/aromatic N) is 3. The van der Waals surface area contributed by atoms with Crippen molar-refractivity contribution in [2.75, 3.05) is 6.54 Å². The molecule has 0 spiro atoms. The number of thiazole rings is 1. The van der Waals surface area contributed by atoms with Gasteiger partial charge in [0.2, 0.25) is 0 Å². The van der Waals surface area contributed by atoms with Crippen LogP contribution < -0.4 is 11.1 Å². The van der Waals surface area contributed by atoms with E-state index in [2.05, 4.69) is 29.1 Å². The first-order valence-electron chi connectivity index (χ1n) is 5.60. The van der Waals surface area contributed by atoms with Crippen molar-refractivity contribution >= 4 is 22.3 Å². The average molecular weight is 251 g/mol. The maximum atomic E-state index is 5.75. The van der Waals surface area contributed by atoms with Crippen LogP contribution in [0.25, 0.3) is 4.96 Å². The van der Waals surface area contributed by atoms with Crippen LogP contribution in [0.5, 0.6) is 0 Å². The van der Waals surface area contributed by atoms with Gasteiger partial charge in [0.25, 0.3) is 0 Å². The van der Waals surface area contributed by atoms with Gasteiger partial charge in [-0.15, -0.1) is 11.3 Å². The van der Waals surface area contributed by atoms with Crippen LogP contribution in [0.1, 0.15) is 19.5 Å². The van der Waals surface area contributed by atoms with Crippen molar-refractivity contribution in [1.82, 2.24) is 14.7 Å². The largest absolute Gasteiger partial charge is 0.370 e. The van der Waals surface area contributed by atoms with E-state index >= 15 is 0 Å². The second-order valence-corrected chi connectivity index (χ2v) is 5.17. The Morgan fingerprint density at radius 2 is 2.47 bits per heavy atom. The third kappa shape index (κ3) is 3.20. The standard InChI is InChI=1S/C11H17N5S/c1-8(2)5-13-10(12)14-6-9-7-16-3-4-17-11(16)15-9/h3-4,7-8H,5-6H2,1-2H3,(H3,12,13,14). The minimum atomic E-state index is 0.482. The molecule has 2 rings (SSSR count). The van der Waals surface area contributed by atoms with Gasteiger partial charge in [-0.05, 0) is 5.92 Å². The summed E-state index contributed by atoms with van der Waals surface area (Å²) >= 11 is 1.61. The van der Waals surface area contributed by atoms with E-state index < -0.39 is 0 Å². The third-order valence-electron chi connectivity index (χ3n) is 2.25. The lowest BCUT2D eigenvalue weighted by atomic mass is 10.2. The van der Waals surface area contributed by atoms with Gasteiger partial charge < -0.3 is 11.1 Å². The lowest BCUT2D eigenvalue weighted by molar-refractivity contribution is 0.621. The highest BCUT2D eigenvalue weighted by molar-refractivity contribution is 7.15. The Labute approximate surface area is 104 Å². The van der Waals surface area contributed by atoms with Gasteiger partial charge >= 0.3 is 0 Å². The summed E-state index contributed by atoms with van der Waals surface area (Å²) in [4.78, 5) is 9.67. The maximum absolute atomic E-state index is 5.75. The van der Waals surface area contributed by atoms with E-state index in [1.54, 1.807) is 11.3 Å². The fourth-order valence-corrected chi connectivity index (χ4v) is 2.10. The summed E-state index contributed by atoms with van der Waals surface area (Å²) in [6, 6.07) is 0. The topological polar surface area (TPSA) is 67.7 Å². The monoisotopic (exact) mass is 251 g/mol. The normalized spacial score (nSPS) is 12.5. The molecule has 0 saturated carbocycles. The van der Waals surface area contributed by atoms with Crippen LogP contribution in [0.4, 0.5) is 0 Å². The van der Waals surface area contributed by atoms with Crippen molar-refractivity contribution in [3.8, 4) is 0 Å². The van der Waals surface area contributed by atoms with Crippen LogP contribution in [0.15, 0.2) is 22.8 Å². The molecule has 0 bridgehead atoms. The minimum Gasteiger partial charge on any atom is -0.370 e. The summed E-state index contributed by atoms with van der Waals surface area (Å²) in [6.45, 7) is 5.62. The zero-order valence-corrected chi connectivity index (χ0v) is 10.9. The van der Waals surface area contributed by atoms with Gasteiger partial charge in [0.05, 0.1) is 12.2 Å². The summed E-state index contributed by atoms with van der Waals surface area (Å²) in [5.41, 5.74) is 6.68. The fraction of sp³-hybridized carbons (Fsp3) is 0.455. The third-order valence-corrected chi connectivity index (χ3v) is 3.02. The second kappa shape index (κ2) is 5.18. The molecule has 0 atom stereocenters. The number of hydrogen-bond acceptors (Lipinski definition) is 3. The average Bonchev–Trinajstić information content (AvgIpc) is 2.83. The highest BCUT2D eigenvalue weighted by Crippen LogP contribution is 2.11. The fourth-order valence-electron chi connectivity index (χ4n) is 1.38. The number of fused-ring (bicyclic) bond motifs is 1. The van der Waals surface area contributed by atoms with Crippen molar-refractivity contribution in [2.24, 2.45) is 16.6 Å². The Balaban J connectivity index is 1.92. The molecule has 0 aromatic carbocycles. The predicted octanol–water partition coefficient (Wildman–Crippen LogP) is 1.46. The molecule has 0 aliphatic rings. The van der Waals surface area contributed by atoms with Crippen LogP contribution in [0.3, 0.4) is 0 Å². The number of aromatic nitrogens is 2. The number of aliphatic imine (C=N–C) groups is 1. The summed E-state index contributed by atoms with van der Waals surface area (Å²) in [7, 11) is 0. The first kappa shape index (κ1) is 11.9. The summed E-state index contributed by atoms with van der Waals surface area (Å²) in [5, 5.41) is 5.08. The van der Waals surface area contributed by atoms with Gasteiger partial charge in [0.1, 0.15) is 0 Å². The van der Waals surface area contributed by atoms with Crippen molar-refractivity contribution in [2.45, 2.75) is 20.4 Å². The van der Waals surface area contributed by atoms with Crippen molar-refractivity contribution < 1.29 is 0 Å². The number of rotatable bonds is 4. The lowest BCUT2D eigenvalue weighted by Gasteiger charge is -2.07. The van der Waals surface area contributed by atoms with Gasteiger partial charge in [0, 0.05) is 24.3 Å². The van der Waals surface area contributed by atoms with E-state index in [1.165, 1.54) is 0 Å². The zero-order chi connectivity index (χ0) is 12.3. The molecular formula is C11H17N5S. The molecule has 3 N–H and O–H groups in total. The molecule has 0 saturated heterocycles. The molecule has 0 radical (unpaired) electrons. The minimum absolute atomic E-state index is 0.482. The van der Waals surface area contributed by atoms with Gasteiger partial charge in [-0.25, -0.2) is 9.98 Å². The molecule has 0 amide bonds. The van der Waals surface area contributed by atoms with Crippen LogP contribution in [0, 0.1) is 5.92 Å². The summed E-state index contributed by atoms with van der Waals surface area (Å²) in [5.74, 6) is 1.04. The number of hydrogen-bond donors (Lipinski definition) is 2. The SMILES string of the molecule is CC(C)CNC(N)=NCc1cn2ccsc2n1. The molecule has 2 heterocycles. The second-order valence-electron chi connectivity index (χ2n) is 4.30. The number of nitrogens with one attached hydrogen (secondary N) is 1. The zero-order valence-electron chi connectivity index (χ0n) is 10.1. The van der Waals surface area contributed by atoms with Crippen molar-refractivity contribution in [3.63, 3.8) is 0 Å². The van der Waals surface area contributed by atoms with Crippen LogP contribution in [0.2, 0.25) is 0 Å². The van der Waals surface area contributed by atoms with Crippen LogP contribution in [-0.4, -0.2) is 21.9 Å². The van der Waals surface area contributed by atoms with Crippen LogP contribution in [-0.2, 0) is 6.54 Å². The van der Waals surface area contributed by atoms with E-state index in [4.69, 9.17) is 5.73 Å². The van der Waals surface area contributed by atoms with E-state index in [0.717, 1.165) is 17.2 Å². The van der Waals surface area contributed by atoms with E-state index in [0.29, 0.717) is 18.4 Å². The van der Waals surface area contributed by atoms with Gasteiger partial charge in [-0.2, -0.15) is 0 Å². The molecule has 2 aromatic rings. The number of imidazole rings is 1. The molecule has 6 heteroatoms. The highest BCUT2D eigenvalue weighted by Gasteiger charge is 2.01. The highest BCUT2D eigenvalue weighted by atomic mass is 32.1. The predicted molar refractivity (Wildman–Crippen MR) is 71.2 cm³/mol. The number of guanidine groups is 1. The van der Waals surface area contributed by atoms with Crippen molar-refractivity contribution in [1.29, 1.82) is 0 Å². The molecule has 92 valence electrons. The molecule has 5 nitrogen and oxygen atoms in total. The molecule has 0 unspecified atom stereocenters. The van der Waals surface area contributed by atoms with E-state index in [-0.39, 0.29) is 0 Å². The Hall–Kier alpha value is -1.56. The van der Waals surface area contributed by atoms with Crippen LogP contribution >= 0.6 is 11.3 Å². The van der Waals surface area contributed by atoms with Gasteiger partial charge in [-0.3, -0.25) is 4.40 Å². The first-order chi connectivity index (χ1) is 8.15. The number of nitrogens with two attached hydrogens (primary N) is 1. The molecule has 0 aliphatic carbocycles. The van der Waals surface area contributed by atoms with Gasteiger partial charge in [-0.1, -0.05) is 13.8 Å². The molecule has 0 fully saturated rings. The summed E-state index contributed by atoms with van der Waals surface area (Å²) < 4.78 is 1.99. The Morgan fingerprint density at radius 3 is 3.18 bits per heavy atom. The molecular weight excluding hydrogens is 234 g/mol. The molecule has 2 aromatic heterocycles. The van der Waals surface area contributed by atoms with E-state index in [9.17, 15) is 0 Å². The maximum Gasteiger partial charge on any atom is 0.193 e. The molecule has 0 aliphatic heterocycles. The Kier molecular flexibility index (Phi) is 3.63. The lowest BCUT2D eigenvalue weighted by Crippen LogP contribution is -2.34. The van der Waals surface area contributed by atoms with Gasteiger partial charge in [0.15, 0.2) is 10.9 Å². The Morgan fingerprint density at radius 1 is 1.65 bits per heavy atom.